The summed E-state index contributed by atoms with van der Waals surface area (Å²) in [6.07, 6.45) is 34.5. The molecule has 0 saturated heterocycles. The van der Waals surface area contributed by atoms with E-state index in [0.717, 1.165) is 38.5 Å². The number of ketones is 1. The summed E-state index contributed by atoms with van der Waals surface area (Å²) in [6, 6.07) is 0. The van der Waals surface area contributed by atoms with Gasteiger partial charge in [0.05, 0.1) is 6.61 Å². The molecule has 0 aliphatic heterocycles. The Labute approximate surface area is 256 Å². The number of hydrogen-bond acceptors (Lipinski definition) is 6. The molecule has 0 aliphatic rings. The van der Waals surface area contributed by atoms with Gasteiger partial charge in [-0.2, -0.15) is 0 Å². The molecule has 0 heterocycles. The van der Waals surface area contributed by atoms with E-state index >= 15 is 0 Å². The molecule has 0 aliphatic carbocycles. The summed E-state index contributed by atoms with van der Waals surface area (Å²) >= 11 is 0. The Bertz CT molecular complexity index is 780. The van der Waals surface area contributed by atoms with E-state index < -0.39 is 18.7 Å². The third kappa shape index (κ3) is 29.0. The van der Waals surface area contributed by atoms with Crippen molar-refractivity contribution >= 4 is 17.7 Å². The van der Waals surface area contributed by atoms with Gasteiger partial charge in [-0.05, 0) is 44.6 Å². The quantitative estimate of drug-likeness (QED) is 0.0308. The third-order valence-electron chi connectivity index (χ3n) is 6.85. The molecule has 0 aromatic carbocycles. The monoisotopic (exact) mass is 588 g/mol. The van der Waals surface area contributed by atoms with E-state index in [2.05, 4.69) is 38.2 Å². The van der Waals surface area contributed by atoms with E-state index in [1.54, 1.807) is 6.08 Å². The summed E-state index contributed by atoms with van der Waals surface area (Å²) in [6.45, 7) is 3.85. The fraction of sp³-hybridized carbons (Fsp3) is 0.694. The second kappa shape index (κ2) is 31.5. The number of esters is 2. The molecule has 1 N–H and O–H groups in total. The van der Waals surface area contributed by atoms with E-state index in [0.29, 0.717) is 12.8 Å². The second-order valence-corrected chi connectivity index (χ2v) is 10.9. The summed E-state index contributed by atoms with van der Waals surface area (Å²) in [5, 5.41) is 9.47. The summed E-state index contributed by atoms with van der Waals surface area (Å²) in [5.41, 5.74) is 0. The zero-order chi connectivity index (χ0) is 30.9. The minimum absolute atomic E-state index is 0.0506. The Morgan fingerprint density at radius 2 is 1.19 bits per heavy atom. The van der Waals surface area contributed by atoms with Crippen LogP contribution in [-0.2, 0) is 23.9 Å². The predicted molar refractivity (Wildman–Crippen MR) is 173 cm³/mol. The highest BCUT2D eigenvalue weighted by atomic mass is 16.6. The topological polar surface area (TPSA) is 89.9 Å². The van der Waals surface area contributed by atoms with E-state index in [1.165, 1.54) is 70.3 Å². The molecule has 0 aromatic rings. The van der Waals surface area contributed by atoms with Crippen molar-refractivity contribution < 1.29 is 29.0 Å². The van der Waals surface area contributed by atoms with Crippen LogP contribution in [0, 0.1) is 0 Å². The van der Waals surface area contributed by atoms with Crippen LogP contribution < -0.4 is 0 Å². The Morgan fingerprint density at radius 1 is 0.619 bits per heavy atom. The van der Waals surface area contributed by atoms with Gasteiger partial charge >= 0.3 is 11.9 Å². The first-order chi connectivity index (χ1) is 20.5. The fourth-order valence-electron chi connectivity index (χ4n) is 4.27. The normalized spacial score (nSPS) is 12.6. The van der Waals surface area contributed by atoms with Crippen molar-refractivity contribution in [3.05, 3.63) is 48.6 Å². The molecule has 0 spiro atoms. The Balaban J connectivity index is 3.85. The van der Waals surface area contributed by atoms with Crippen LogP contribution in [0.25, 0.3) is 0 Å². The standard InChI is InChI=1S/C36H60O6/c1-3-5-7-9-11-13-15-16-17-18-20-22-24-27-33(38)28-26-30-35(39)41-32-34(31-37)42-36(40)29-25-23-21-19-14-12-10-8-6-4-2/h11,13,16-17,20,22,24,27,34,37H,3-10,12,14-15,18-19,21,23,25-26,28-32H2,1-2H3/b13-11-,17-16-,22-20-,27-24+/t34-/m0/s1. The molecule has 0 unspecified atom stereocenters. The molecule has 1 atom stereocenters. The zero-order valence-electron chi connectivity index (χ0n) is 26.7. The van der Waals surface area contributed by atoms with Gasteiger partial charge in [-0.3, -0.25) is 14.4 Å². The van der Waals surface area contributed by atoms with Crippen LogP contribution in [0.1, 0.15) is 142 Å². The van der Waals surface area contributed by atoms with Crippen LogP contribution in [0.3, 0.4) is 0 Å². The third-order valence-corrected chi connectivity index (χ3v) is 6.85. The van der Waals surface area contributed by atoms with Gasteiger partial charge in [0.2, 0.25) is 0 Å². The first-order valence-electron chi connectivity index (χ1n) is 16.6. The fourth-order valence-corrected chi connectivity index (χ4v) is 4.27. The number of aliphatic hydroxyl groups excluding tert-OH is 1. The predicted octanol–water partition coefficient (Wildman–Crippen LogP) is 9.07. The summed E-state index contributed by atoms with van der Waals surface area (Å²) in [4.78, 5) is 36.0. The van der Waals surface area contributed by atoms with Crippen LogP contribution >= 0.6 is 0 Å². The molecule has 6 heteroatoms. The highest BCUT2D eigenvalue weighted by molar-refractivity contribution is 5.90. The first-order valence-corrected chi connectivity index (χ1v) is 16.6. The van der Waals surface area contributed by atoms with Gasteiger partial charge in [0.1, 0.15) is 6.61 Å². The second-order valence-electron chi connectivity index (χ2n) is 10.9. The minimum atomic E-state index is -0.859. The van der Waals surface area contributed by atoms with Gasteiger partial charge in [0.25, 0.3) is 0 Å². The number of rotatable bonds is 29. The highest BCUT2D eigenvalue weighted by Crippen LogP contribution is 2.12. The Hall–Kier alpha value is -2.47. The van der Waals surface area contributed by atoms with Crippen molar-refractivity contribution in [2.75, 3.05) is 13.2 Å². The summed E-state index contributed by atoms with van der Waals surface area (Å²) < 4.78 is 10.4. The molecule has 0 radical (unpaired) electrons. The average molecular weight is 589 g/mol. The molecule has 42 heavy (non-hydrogen) atoms. The SMILES string of the molecule is CCCCC/C=C\C/C=C\C/C=C\C=C\C(=O)CCCC(=O)OC[C@H](CO)OC(=O)CCCCCCCCCCCC. The molecule has 240 valence electrons. The van der Waals surface area contributed by atoms with Crippen LogP contribution in [0.2, 0.25) is 0 Å². The van der Waals surface area contributed by atoms with Crippen molar-refractivity contribution in [2.24, 2.45) is 0 Å². The van der Waals surface area contributed by atoms with Gasteiger partial charge < -0.3 is 14.6 Å². The molecule has 0 amide bonds. The Kier molecular flexibility index (Phi) is 29.6. The highest BCUT2D eigenvalue weighted by Gasteiger charge is 2.16. The van der Waals surface area contributed by atoms with Gasteiger partial charge in [0.15, 0.2) is 11.9 Å². The molecule has 0 rings (SSSR count). The average Bonchev–Trinajstić information content (AvgIpc) is 2.98. The van der Waals surface area contributed by atoms with E-state index in [9.17, 15) is 19.5 Å². The van der Waals surface area contributed by atoms with Crippen molar-refractivity contribution in [3.63, 3.8) is 0 Å². The van der Waals surface area contributed by atoms with E-state index in [-0.39, 0.29) is 31.2 Å². The molecular weight excluding hydrogens is 528 g/mol. The van der Waals surface area contributed by atoms with Gasteiger partial charge in [-0.1, -0.05) is 127 Å². The number of allylic oxidation sites excluding steroid dienone is 8. The number of aliphatic hydroxyl groups is 1. The van der Waals surface area contributed by atoms with Crippen molar-refractivity contribution in [1.82, 2.24) is 0 Å². The van der Waals surface area contributed by atoms with E-state index in [4.69, 9.17) is 9.47 Å². The number of ether oxygens (including phenoxy) is 2. The van der Waals surface area contributed by atoms with Crippen molar-refractivity contribution in [2.45, 2.75) is 148 Å². The van der Waals surface area contributed by atoms with Crippen molar-refractivity contribution in [1.29, 1.82) is 0 Å². The molecular formula is C36H60O6. The van der Waals surface area contributed by atoms with Crippen LogP contribution in [0.4, 0.5) is 0 Å². The molecule has 6 nitrogen and oxygen atoms in total. The molecule has 0 saturated carbocycles. The summed E-state index contributed by atoms with van der Waals surface area (Å²) in [7, 11) is 0. The molecule has 0 fully saturated rings. The lowest BCUT2D eigenvalue weighted by atomic mass is 10.1. The Morgan fingerprint density at radius 3 is 1.86 bits per heavy atom. The lowest BCUT2D eigenvalue weighted by molar-refractivity contribution is -0.161. The molecule has 0 aromatic heterocycles. The maximum absolute atomic E-state index is 12.0. The van der Waals surface area contributed by atoms with Gasteiger partial charge in [0, 0.05) is 19.3 Å². The van der Waals surface area contributed by atoms with Crippen molar-refractivity contribution in [3.8, 4) is 0 Å². The van der Waals surface area contributed by atoms with Crippen LogP contribution in [0.15, 0.2) is 48.6 Å². The first kappa shape index (κ1) is 39.5. The number of hydrogen-bond donors (Lipinski definition) is 1. The lowest BCUT2D eigenvalue weighted by Crippen LogP contribution is -2.28. The maximum Gasteiger partial charge on any atom is 0.306 e. The largest absolute Gasteiger partial charge is 0.462 e. The summed E-state index contributed by atoms with van der Waals surface area (Å²) in [5.74, 6) is -0.902. The number of carbonyl (C=O) groups excluding carboxylic acids is 3. The number of unbranched alkanes of at least 4 members (excludes halogenated alkanes) is 12. The molecule has 0 bridgehead atoms. The number of carbonyl (C=O) groups is 3. The van der Waals surface area contributed by atoms with Crippen LogP contribution in [0.5, 0.6) is 0 Å². The smallest absolute Gasteiger partial charge is 0.306 e. The maximum atomic E-state index is 12.0. The zero-order valence-corrected chi connectivity index (χ0v) is 26.7. The lowest BCUT2D eigenvalue weighted by Gasteiger charge is -2.15. The van der Waals surface area contributed by atoms with Crippen LogP contribution in [-0.4, -0.2) is 42.1 Å². The van der Waals surface area contributed by atoms with E-state index in [1.807, 2.05) is 12.2 Å². The van der Waals surface area contributed by atoms with Gasteiger partial charge in [-0.15, -0.1) is 0 Å². The minimum Gasteiger partial charge on any atom is -0.462 e. The van der Waals surface area contributed by atoms with Gasteiger partial charge in [-0.25, -0.2) is 0 Å².